The summed E-state index contributed by atoms with van der Waals surface area (Å²) in [5.41, 5.74) is 3.74. The molecule has 4 heteroatoms. The van der Waals surface area contributed by atoms with Crippen LogP contribution in [0.4, 0.5) is 0 Å². The second-order valence-corrected chi connectivity index (χ2v) is 6.67. The number of pyridine rings is 1. The Morgan fingerprint density at radius 1 is 1.25 bits per heavy atom. The van der Waals surface area contributed by atoms with E-state index in [-0.39, 0.29) is 0 Å². The number of piperidine rings is 1. The van der Waals surface area contributed by atoms with E-state index in [4.69, 9.17) is 9.47 Å². The summed E-state index contributed by atoms with van der Waals surface area (Å²) in [5.74, 6) is 1.06. The second kappa shape index (κ2) is 7.32. The number of fused-ring (bicyclic) bond motifs is 1. The van der Waals surface area contributed by atoms with E-state index in [9.17, 15) is 0 Å². The summed E-state index contributed by atoms with van der Waals surface area (Å²) in [6, 6.07) is 12.6. The first kappa shape index (κ1) is 15.6. The molecule has 1 aromatic heterocycles. The number of benzene rings is 1. The van der Waals surface area contributed by atoms with Gasteiger partial charge < -0.3 is 9.47 Å². The van der Waals surface area contributed by atoms with E-state index < -0.39 is 0 Å². The van der Waals surface area contributed by atoms with Gasteiger partial charge >= 0.3 is 0 Å². The van der Waals surface area contributed by atoms with Gasteiger partial charge in [-0.05, 0) is 48.7 Å². The Morgan fingerprint density at radius 3 is 3.17 bits per heavy atom. The average molecular weight is 324 g/mol. The van der Waals surface area contributed by atoms with Crippen molar-refractivity contribution in [3.8, 4) is 5.75 Å². The summed E-state index contributed by atoms with van der Waals surface area (Å²) in [6.45, 7) is 4.58. The van der Waals surface area contributed by atoms with E-state index in [0.717, 1.165) is 50.5 Å². The molecule has 24 heavy (non-hydrogen) atoms. The summed E-state index contributed by atoms with van der Waals surface area (Å²) in [6.07, 6.45) is 5.50. The number of hydrogen-bond donors (Lipinski definition) is 0. The molecule has 4 nitrogen and oxygen atoms in total. The number of nitrogens with zero attached hydrogens (tertiary/aromatic N) is 2. The molecule has 3 heterocycles. The van der Waals surface area contributed by atoms with E-state index in [1.807, 2.05) is 24.4 Å². The summed E-state index contributed by atoms with van der Waals surface area (Å²) in [7, 11) is 0. The minimum Gasteiger partial charge on any atom is -0.493 e. The van der Waals surface area contributed by atoms with Crippen molar-refractivity contribution in [2.45, 2.75) is 38.5 Å². The summed E-state index contributed by atoms with van der Waals surface area (Å²) in [5, 5.41) is 0. The molecule has 2 aromatic rings. The van der Waals surface area contributed by atoms with Gasteiger partial charge in [-0.15, -0.1) is 0 Å². The SMILES string of the molecule is c1ccc(COC2CCCN(Cc3ccc4c(c3)CCO4)C2)nc1. The van der Waals surface area contributed by atoms with Crippen molar-refractivity contribution in [3.63, 3.8) is 0 Å². The molecule has 4 rings (SSSR count). The lowest BCUT2D eigenvalue weighted by molar-refractivity contribution is -0.0132. The van der Waals surface area contributed by atoms with Crippen molar-refractivity contribution in [1.29, 1.82) is 0 Å². The Hall–Kier alpha value is -1.91. The van der Waals surface area contributed by atoms with Crippen LogP contribution in [0.5, 0.6) is 5.75 Å². The molecule has 0 N–H and O–H groups in total. The third-order valence-corrected chi connectivity index (χ3v) is 4.82. The Labute approximate surface area is 143 Å². The maximum absolute atomic E-state index is 6.09. The molecule has 0 spiro atoms. The predicted octanol–water partition coefficient (Wildman–Crippen LogP) is 3.20. The van der Waals surface area contributed by atoms with Crippen LogP contribution in [0.1, 0.15) is 29.7 Å². The zero-order chi connectivity index (χ0) is 16.2. The number of likely N-dealkylation sites (tertiary alicyclic amines) is 1. The third-order valence-electron chi connectivity index (χ3n) is 4.82. The van der Waals surface area contributed by atoms with Crippen molar-refractivity contribution in [1.82, 2.24) is 9.88 Å². The summed E-state index contributed by atoms with van der Waals surface area (Å²) < 4.78 is 11.7. The third kappa shape index (κ3) is 3.77. The Balaban J connectivity index is 1.31. The summed E-state index contributed by atoms with van der Waals surface area (Å²) in [4.78, 5) is 6.84. The standard InChI is InChI=1S/C20H24N2O2/c1-2-9-21-18(4-1)15-24-19-5-3-10-22(14-19)13-16-6-7-20-17(12-16)8-11-23-20/h1-2,4,6-7,9,12,19H,3,5,8,10-11,13-15H2. The number of hydrogen-bond acceptors (Lipinski definition) is 4. The van der Waals surface area contributed by atoms with Gasteiger partial charge in [-0.2, -0.15) is 0 Å². The highest BCUT2D eigenvalue weighted by molar-refractivity contribution is 5.39. The fourth-order valence-electron chi connectivity index (χ4n) is 3.58. The van der Waals surface area contributed by atoms with E-state index >= 15 is 0 Å². The second-order valence-electron chi connectivity index (χ2n) is 6.67. The minimum absolute atomic E-state index is 0.304. The van der Waals surface area contributed by atoms with Crippen molar-refractivity contribution >= 4 is 0 Å². The van der Waals surface area contributed by atoms with Gasteiger partial charge in [0, 0.05) is 25.7 Å². The molecule has 2 aliphatic heterocycles. The molecule has 0 saturated carbocycles. The van der Waals surface area contributed by atoms with Gasteiger partial charge in [0.25, 0.3) is 0 Å². The lowest BCUT2D eigenvalue weighted by Gasteiger charge is -2.32. The van der Waals surface area contributed by atoms with Crippen LogP contribution in [0.15, 0.2) is 42.6 Å². The van der Waals surface area contributed by atoms with Gasteiger partial charge in [0.2, 0.25) is 0 Å². The van der Waals surface area contributed by atoms with Crippen molar-refractivity contribution in [2.75, 3.05) is 19.7 Å². The Bertz CT molecular complexity index is 675. The van der Waals surface area contributed by atoms with Crippen LogP contribution in [0.2, 0.25) is 0 Å². The first-order chi connectivity index (χ1) is 11.9. The fraction of sp³-hybridized carbons (Fsp3) is 0.450. The van der Waals surface area contributed by atoms with Crippen LogP contribution < -0.4 is 4.74 Å². The maximum atomic E-state index is 6.09. The first-order valence-corrected chi connectivity index (χ1v) is 8.85. The van der Waals surface area contributed by atoms with Gasteiger partial charge in [0.05, 0.1) is 25.0 Å². The van der Waals surface area contributed by atoms with Gasteiger partial charge in [0.1, 0.15) is 5.75 Å². The normalized spacial score (nSPS) is 20.6. The number of ether oxygens (including phenoxy) is 2. The molecule has 0 bridgehead atoms. The van der Waals surface area contributed by atoms with Crippen LogP contribution in [0.25, 0.3) is 0 Å². The molecule has 0 amide bonds. The Kier molecular flexibility index (Phi) is 4.76. The molecule has 0 aliphatic carbocycles. The molecular weight excluding hydrogens is 300 g/mol. The highest BCUT2D eigenvalue weighted by atomic mass is 16.5. The lowest BCUT2D eigenvalue weighted by Crippen LogP contribution is -2.39. The summed E-state index contributed by atoms with van der Waals surface area (Å²) >= 11 is 0. The van der Waals surface area contributed by atoms with Gasteiger partial charge in [0.15, 0.2) is 0 Å². The minimum atomic E-state index is 0.304. The maximum Gasteiger partial charge on any atom is 0.122 e. The fourth-order valence-corrected chi connectivity index (χ4v) is 3.58. The molecule has 1 aromatic carbocycles. The lowest BCUT2D eigenvalue weighted by atomic mass is 10.0. The van der Waals surface area contributed by atoms with Gasteiger partial charge in [-0.25, -0.2) is 0 Å². The molecule has 1 saturated heterocycles. The van der Waals surface area contributed by atoms with Crippen molar-refractivity contribution < 1.29 is 9.47 Å². The highest BCUT2D eigenvalue weighted by Crippen LogP contribution is 2.27. The molecular formula is C20H24N2O2. The van der Waals surface area contributed by atoms with Gasteiger partial charge in [-0.3, -0.25) is 9.88 Å². The topological polar surface area (TPSA) is 34.6 Å². The largest absolute Gasteiger partial charge is 0.493 e. The van der Waals surface area contributed by atoms with Crippen molar-refractivity contribution in [3.05, 3.63) is 59.4 Å². The van der Waals surface area contributed by atoms with Crippen LogP contribution in [0, 0.1) is 0 Å². The first-order valence-electron chi connectivity index (χ1n) is 8.85. The highest BCUT2D eigenvalue weighted by Gasteiger charge is 2.21. The van der Waals surface area contributed by atoms with Crippen LogP contribution in [0.3, 0.4) is 0 Å². The Morgan fingerprint density at radius 2 is 2.25 bits per heavy atom. The van der Waals surface area contributed by atoms with E-state index in [0.29, 0.717) is 12.7 Å². The van der Waals surface area contributed by atoms with E-state index in [1.54, 1.807) is 0 Å². The average Bonchev–Trinajstić information content (AvgIpc) is 3.09. The quantitative estimate of drug-likeness (QED) is 0.846. The molecule has 0 radical (unpaired) electrons. The van der Waals surface area contributed by atoms with E-state index in [2.05, 4.69) is 28.1 Å². The molecule has 1 fully saturated rings. The van der Waals surface area contributed by atoms with Crippen LogP contribution >= 0.6 is 0 Å². The molecule has 126 valence electrons. The zero-order valence-corrected chi connectivity index (χ0v) is 14.0. The molecule has 2 aliphatic rings. The van der Waals surface area contributed by atoms with E-state index in [1.165, 1.54) is 17.5 Å². The monoisotopic (exact) mass is 324 g/mol. The molecule has 1 unspecified atom stereocenters. The van der Waals surface area contributed by atoms with Crippen molar-refractivity contribution in [2.24, 2.45) is 0 Å². The van der Waals surface area contributed by atoms with Gasteiger partial charge in [-0.1, -0.05) is 18.2 Å². The number of aromatic nitrogens is 1. The van der Waals surface area contributed by atoms with Crippen LogP contribution in [-0.4, -0.2) is 35.7 Å². The smallest absolute Gasteiger partial charge is 0.122 e. The van der Waals surface area contributed by atoms with Crippen LogP contribution in [-0.2, 0) is 24.3 Å². The molecule has 1 atom stereocenters. The zero-order valence-electron chi connectivity index (χ0n) is 14.0. The number of rotatable bonds is 5. The predicted molar refractivity (Wildman–Crippen MR) is 93.0 cm³/mol.